The zero-order valence-electron chi connectivity index (χ0n) is 15.0. The number of alkyl halides is 2. The molecule has 1 aromatic heterocycles. The normalized spacial score (nSPS) is 21.6. The van der Waals surface area contributed by atoms with Crippen molar-refractivity contribution >= 4 is 11.8 Å². The third-order valence-electron chi connectivity index (χ3n) is 4.51. The molecule has 1 aliphatic rings. The number of benzene rings is 1. The molecule has 0 saturated carbocycles. The maximum absolute atomic E-state index is 14.5. The SMILES string of the molecule is C[C@]1(c2cc(CC(=O)c3ccc(OCF)cn3)ccc2F)N=C(N)OC[C@@H]1F. The number of ketones is 1. The number of nitrogens with zero attached hydrogens (tertiary/aromatic N) is 2. The van der Waals surface area contributed by atoms with Gasteiger partial charge >= 0.3 is 0 Å². The minimum atomic E-state index is -1.61. The first-order chi connectivity index (χ1) is 13.3. The smallest absolute Gasteiger partial charge is 0.283 e. The predicted octanol–water partition coefficient (Wildman–Crippen LogP) is 2.85. The number of amidine groups is 1. The molecular formula is C19H18F3N3O3. The third kappa shape index (κ3) is 3.92. The van der Waals surface area contributed by atoms with E-state index < -0.39 is 24.4 Å². The van der Waals surface area contributed by atoms with Crippen LogP contribution in [0.5, 0.6) is 5.75 Å². The largest absolute Gasteiger partial charge is 0.462 e. The molecule has 0 radical (unpaired) electrons. The minimum Gasteiger partial charge on any atom is -0.462 e. The van der Waals surface area contributed by atoms with Crippen LogP contribution in [0.15, 0.2) is 41.5 Å². The number of Topliss-reactive ketones (excluding diaryl/α,β-unsaturated/α-hetero) is 1. The van der Waals surface area contributed by atoms with Crippen LogP contribution < -0.4 is 10.5 Å². The van der Waals surface area contributed by atoms with Crippen LogP contribution in [0.4, 0.5) is 13.2 Å². The molecule has 2 N–H and O–H groups in total. The lowest BCUT2D eigenvalue weighted by Gasteiger charge is -2.33. The zero-order chi connectivity index (χ0) is 20.3. The van der Waals surface area contributed by atoms with Gasteiger partial charge in [-0.1, -0.05) is 6.07 Å². The van der Waals surface area contributed by atoms with Gasteiger partial charge in [-0.15, -0.1) is 0 Å². The van der Waals surface area contributed by atoms with E-state index in [0.29, 0.717) is 5.56 Å². The Morgan fingerprint density at radius 3 is 2.86 bits per heavy atom. The summed E-state index contributed by atoms with van der Waals surface area (Å²) in [5.41, 5.74) is 4.55. The molecule has 148 valence electrons. The Balaban J connectivity index is 1.85. The number of hydrogen-bond donors (Lipinski definition) is 1. The Hall–Kier alpha value is -3.10. The van der Waals surface area contributed by atoms with Crippen molar-refractivity contribution < 1.29 is 27.4 Å². The van der Waals surface area contributed by atoms with E-state index in [1.807, 2.05) is 0 Å². The molecule has 0 fully saturated rings. The van der Waals surface area contributed by atoms with Gasteiger partial charge in [-0.25, -0.2) is 23.1 Å². The fraction of sp³-hybridized carbons (Fsp3) is 0.316. The second-order valence-electron chi connectivity index (χ2n) is 6.42. The van der Waals surface area contributed by atoms with Crippen LogP contribution in [0.2, 0.25) is 0 Å². The fourth-order valence-electron chi connectivity index (χ4n) is 2.92. The maximum atomic E-state index is 14.5. The van der Waals surface area contributed by atoms with E-state index in [4.69, 9.17) is 10.5 Å². The van der Waals surface area contributed by atoms with Crippen molar-refractivity contribution in [2.24, 2.45) is 10.7 Å². The third-order valence-corrected chi connectivity index (χ3v) is 4.51. The average Bonchev–Trinajstić information content (AvgIpc) is 2.67. The number of halogens is 3. The second-order valence-corrected chi connectivity index (χ2v) is 6.42. The summed E-state index contributed by atoms with van der Waals surface area (Å²) in [4.78, 5) is 20.3. The molecule has 2 aromatic rings. The summed E-state index contributed by atoms with van der Waals surface area (Å²) in [6.45, 7) is 0.0769. The monoisotopic (exact) mass is 393 g/mol. The highest BCUT2D eigenvalue weighted by atomic mass is 19.1. The Kier molecular flexibility index (Phi) is 5.53. The van der Waals surface area contributed by atoms with Crippen LogP contribution in [0.25, 0.3) is 0 Å². The number of aromatic nitrogens is 1. The molecule has 2 atom stereocenters. The van der Waals surface area contributed by atoms with Crippen LogP contribution in [-0.2, 0) is 16.7 Å². The lowest BCUT2D eigenvalue weighted by atomic mass is 9.85. The van der Waals surface area contributed by atoms with Crippen molar-refractivity contribution in [2.75, 3.05) is 13.5 Å². The highest BCUT2D eigenvalue weighted by Gasteiger charge is 2.42. The van der Waals surface area contributed by atoms with E-state index in [0.717, 1.165) is 6.07 Å². The first-order valence-corrected chi connectivity index (χ1v) is 8.42. The summed E-state index contributed by atoms with van der Waals surface area (Å²) >= 11 is 0. The lowest BCUT2D eigenvalue weighted by Crippen LogP contribution is -2.43. The van der Waals surface area contributed by atoms with Crippen molar-refractivity contribution in [3.63, 3.8) is 0 Å². The summed E-state index contributed by atoms with van der Waals surface area (Å²) in [5.74, 6) is -0.813. The summed E-state index contributed by atoms with van der Waals surface area (Å²) in [7, 11) is 0. The van der Waals surface area contributed by atoms with Crippen LogP contribution in [0.3, 0.4) is 0 Å². The van der Waals surface area contributed by atoms with Gasteiger partial charge in [0.15, 0.2) is 12.0 Å². The quantitative estimate of drug-likeness (QED) is 0.763. The van der Waals surface area contributed by atoms with E-state index in [9.17, 15) is 18.0 Å². The first kappa shape index (κ1) is 19.7. The van der Waals surface area contributed by atoms with Crippen LogP contribution >= 0.6 is 0 Å². The van der Waals surface area contributed by atoms with E-state index in [1.54, 1.807) is 0 Å². The van der Waals surface area contributed by atoms with Crippen molar-refractivity contribution in [3.8, 4) is 5.75 Å². The van der Waals surface area contributed by atoms with E-state index in [2.05, 4.69) is 14.7 Å². The van der Waals surface area contributed by atoms with E-state index in [1.165, 1.54) is 37.4 Å². The molecule has 28 heavy (non-hydrogen) atoms. The van der Waals surface area contributed by atoms with Crippen LogP contribution in [0.1, 0.15) is 28.5 Å². The van der Waals surface area contributed by atoms with Gasteiger partial charge in [0.25, 0.3) is 6.02 Å². The van der Waals surface area contributed by atoms with Crippen molar-refractivity contribution in [1.82, 2.24) is 4.98 Å². The Labute approximate surface area is 159 Å². The summed E-state index contributed by atoms with van der Waals surface area (Å²) in [6, 6.07) is 6.58. The van der Waals surface area contributed by atoms with Crippen LogP contribution in [0, 0.1) is 5.82 Å². The van der Waals surface area contributed by atoms with Crippen LogP contribution in [-0.4, -0.2) is 36.4 Å². The lowest BCUT2D eigenvalue weighted by molar-refractivity contribution is 0.0921. The number of nitrogens with two attached hydrogens (primary N) is 1. The molecule has 0 saturated heterocycles. The number of carbonyl (C=O) groups is 1. The summed E-state index contributed by atoms with van der Waals surface area (Å²) in [6.07, 6.45) is -0.464. The maximum Gasteiger partial charge on any atom is 0.283 e. The number of aliphatic imine (C=N–C) groups is 1. The molecule has 1 aliphatic heterocycles. The Morgan fingerprint density at radius 1 is 1.39 bits per heavy atom. The molecule has 0 aliphatic carbocycles. The summed E-state index contributed by atoms with van der Waals surface area (Å²) in [5, 5.41) is 0. The van der Waals surface area contributed by atoms with Crippen molar-refractivity contribution in [2.45, 2.75) is 25.1 Å². The van der Waals surface area contributed by atoms with Gasteiger partial charge in [0, 0.05) is 12.0 Å². The molecule has 0 amide bonds. The van der Waals surface area contributed by atoms with Gasteiger partial charge in [0.2, 0.25) is 6.86 Å². The molecule has 3 rings (SSSR count). The Morgan fingerprint density at radius 2 is 2.18 bits per heavy atom. The highest BCUT2D eigenvalue weighted by Crippen LogP contribution is 2.36. The standard InChI is InChI=1S/C19H18F3N3O3/c1-19(17(22)9-27-18(23)25-19)13-6-11(2-4-14(13)21)7-16(26)15-5-3-12(8-24-15)28-10-20/h2-6,8,17H,7,9-10H2,1H3,(H2,23,25)/t17-,19+/m0/s1. The van der Waals surface area contributed by atoms with Gasteiger partial charge in [0.1, 0.15) is 29.4 Å². The predicted molar refractivity (Wildman–Crippen MR) is 95.1 cm³/mol. The molecule has 0 unspecified atom stereocenters. The number of carbonyl (C=O) groups excluding carboxylic acids is 1. The second kappa shape index (κ2) is 7.87. The Bertz CT molecular complexity index is 905. The molecule has 2 heterocycles. The summed E-state index contributed by atoms with van der Waals surface area (Å²) < 4.78 is 50.5. The van der Waals surface area contributed by atoms with Gasteiger partial charge in [-0.3, -0.25) is 4.79 Å². The minimum absolute atomic E-state index is 0.0174. The number of ether oxygens (including phenoxy) is 2. The first-order valence-electron chi connectivity index (χ1n) is 8.42. The molecule has 1 aromatic carbocycles. The number of rotatable bonds is 6. The van der Waals surface area contributed by atoms with Crippen molar-refractivity contribution in [3.05, 3.63) is 59.2 Å². The van der Waals surface area contributed by atoms with Gasteiger partial charge in [-0.05, 0) is 36.8 Å². The molecule has 9 heteroatoms. The van der Waals surface area contributed by atoms with Gasteiger partial charge < -0.3 is 15.2 Å². The number of pyridine rings is 1. The average molecular weight is 393 g/mol. The highest BCUT2D eigenvalue weighted by molar-refractivity contribution is 5.95. The van der Waals surface area contributed by atoms with Gasteiger partial charge in [-0.2, -0.15) is 0 Å². The molecule has 0 spiro atoms. The van der Waals surface area contributed by atoms with Gasteiger partial charge in [0.05, 0.1) is 6.20 Å². The topological polar surface area (TPSA) is 86.8 Å². The van der Waals surface area contributed by atoms with E-state index >= 15 is 0 Å². The molecular weight excluding hydrogens is 375 g/mol. The zero-order valence-corrected chi connectivity index (χ0v) is 15.0. The number of hydrogen-bond acceptors (Lipinski definition) is 6. The fourth-order valence-corrected chi connectivity index (χ4v) is 2.92. The van der Waals surface area contributed by atoms with Crippen molar-refractivity contribution in [1.29, 1.82) is 0 Å². The molecule has 0 bridgehead atoms. The van der Waals surface area contributed by atoms with E-state index in [-0.39, 0.29) is 41.8 Å². The molecule has 6 nitrogen and oxygen atoms in total.